The third kappa shape index (κ3) is 5.87. The molecule has 0 aliphatic heterocycles. The van der Waals surface area contributed by atoms with Crippen molar-refractivity contribution < 1.29 is 0 Å². The Hall–Kier alpha value is -8.68. The lowest BCUT2D eigenvalue weighted by atomic mass is 9.92. The van der Waals surface area contributed by atoms with Gasteiger partial charge in [-0.25, -0.2) is 9.97 Å². The van der Waals surface area contributed by atoms with Gasteiger partial charge < -0.3 is 9.13 Å². The maximum absolute atomic E-state index is 5.68. The molecule has 0 amide bonds. The Balaban J connectivity index is 1.01. The minimum atomic E-state index is 0.697. The van der Waals surface area contributed by atoms with Gasteiger partial charge in [-0.1, -0.05) is 170 Å². The molecule has 0 aliphatic rings. The molecule has 0 bridgehead atoms. The van der Waals surface area contributed by atoms with Gasteiger partial charge in [-0.15, -0.1) is 22.7 Å². The molecule has 70 heavy (non-hydrogen) atoms. The van der Waals surface area contributed by atoms with Gasteiger partial charge in [-0.2, -0.15) is 0 Å². The van der Waals surface area contributed by atoms with Crippen molar-refractivity contribution in [3.05, 3.63) is 231 Å². The minimum absolute atomic E-state index is 0.697. The number of fused-ring (bicyclic) bond motifs is 12. The molecule has 0 unspecified atom stereocenters. The second kappa shape index (κ2) is 15.4. The van der Waals surface area contributed by atoms with Crippen molar-refractivity contribution in [3.63, 3.8) is 0 Å². The Bertz CT molecular complexity index is 4420. The Labute approximate surface area is 410 Å². The second-order valence-corrected chi connectivity index (χ2v) is 20.1. The number of hydrogen-bond acceptors (Lipinski definition) is 4. The molecule has 326 valence electrons. The van der Waals surface area contributed by atoms with E-state index in [4.69, 9.17) is 9.97 Å². The number of thiophene rings is 2. The average Bonchev–Trinajstić information content (AvgIpc) is 4.19. The molecule has 0 saturated heterocycles. The van der Waals surface area contributed by atoms with E-state index in [1.165, 1.54) is 72.9 Å². The molecule has 0 aliphatic carbocycles. The molecule has 15 rings (SSSR count). The van der Waals surface area contributed by atoms with Gasteiger partial charge in [0.25, 0.3) is 0 Å². The molecule has 5 heterocycles. The predicted molar refractivity (Wildman–Crippen MR) is 298 cm³/mol. The summed E-state index contributed by atoms with van der Waals surface area (Å²) in [7, 11) is 0. The maximum Gasteiger partial charge on any atom is 0.160 e. The van der Waals surface area contributed by atoms with Crippen molar-refractivity contribution in [1.29, 1.82) is 0 Å². The first-order chi connectivity index (χ1) is 34.7. The number of nitrogens with zero attached hydrogens (tertiary/aromatic N) is 4. The van der Waals surface area contributed by atoms with Gasteiger partial charge in [0.2, 0.25) is 0 Å². The zero-order valence-electron chi connectivity index (χ0n) is 37.5. The lowest BCUT2D eigenvalue weighted by molar-refractivity contribution is 1.16. The molecule has 0 radical (unpaired) electrons. The highest BCUT2D eigenvalue weighted by Gasteiger charge is 2.25. The molecular weight excluding hydrogens is 889 g/mol. The lowest BCUT2D eigenvalue weighted by Gasteiger charge is -2.19. The molecule has 6 heteroatoms. The van der Waals surface area contributed by atoms with Gasteiger partial charge in [-0.3, -0.25) is 0 Å². The van der Waals surface area contributed by atoms with Crippen molar-refractivity contribution >= 4 is 107 Å². The summed E-state index contributed by atoms with van der Waals surface area (Å²) < 4.78 is 9.79. The zero-order chi connectivity index (χ0) is 45.9. The van der Waals surface area contributed by atoms with Crippen molar-refractivity contribution in [2.45, 2.75) is 0 Å². The first-order valence-corrected chi connectivity index (χ1v) is 25.3. The molecule has 0 saturated carbocycles. The van der Waals surface area contributed by atoms with Gasteiger partial charge >= 0.3 is 0 Å². The van der Waals surface area contributed by atoms with E-state index in [1.54, 1.807) is 0 Å². The highest BCUT2D eigenvalue weighted by molar-refractivity contribution is 7.26. The van der Waals surface area contributed by atoms with Gasteiger partial charge in [0, 0.05) is 95.5 Å². The van der Waals surface area contributed by atoms with Crippen LogP contribution < -0.4 is 0 Å². The Kier molecular flexibility index (Phi) is 8.66. The number of para-hydroxylation sites is 3. The van der Waals surface area contributed by atoms with Crippen molar-refractivity contribution in [1.82, 2.24) is 19.1 Å². The van der Waals surface area contributed by atoms with Crippen LogP contribution in [-0.2, 0) is 0 Å². The fraction of sp³-hybridized carbons (Fsp3) is 0. The van der Waals surface area contributed by atoms with Crippen LogP contribution in [0.2, 0.25) is 0 Å². The van der Waals surface area contributed by atoms with Crippen molar-refractivity contribution in [2.75, 3.05) is 0 Å². The molecule has 5 aromatic heterocycles. The standard InChI is InChI=1S/C64H38N4S2/c1-2-17-39(18-3-1)64-65-60(50-28-15-26-48-46-24-7-12-33-57(46)69-62(48)50)59(61(66-64)51-29-16-27-49-47-25-8-13-34-58(47)70-63(49)51)40-19-14-20-41(37-40)67-55-32-11-6-23-45(55)52-38-42(35-36-56(52)67)68-53-30-9-4-21-43(53)44-22-5-10-31-54(44)68/h1-38H. The highest BCUT2D eigenvalue weighted by atomic mass is 32.1. The predicted octanol–water partition coefficient (Wildman–Crippen LogP) is 18.1. The van der Waals surface area contributed by atoms with Crippen LogP contribution in [0.15, 0.2) is 231 Å². The normalized spacial score (nSPS) is 12.0. The summed E-state index contributed by atoms with van der Waals surface area (Å²) in [5, 5.41) is 9.89. The van der Waals surface area contributed by atoms with E-state index in [1.807, 2.05) is 22.7 Å². The number of rotatable bonds is 6. The third-order valence-electron chi connectivity index (χ3n) is 14.1. The molecule has 0 fully saturated rings. The van der Waals surface area contributed by atoms with Crippen LogP contribution in [0.3, 0.4) is 0 Å². The van der Waals surface area contributed by atoms with Crippen LogP contribution in [0.5, 0.6) is 0 Å². The van der Waals surface area contributed by atoms with E-state index in [9.17, 15) is 0 Å². The van der Waals surface area contributed by atoms with Gasteiger partial charge in [-0.05, 0) is 66.2 Å². The Morgan fingerprint density at radius 3 is 1.30 bits per heavy atom. The second-order valence-electron chi connectivity index (χ2n) is 18.0. The van der Waals surface area contributed by atoms with E-state index < -0.39 is 0 Å². The molecular formula is C64H38N4S2. The van der Waals surface area contributed by atoms with Gasteiger partial charge in [0.1, 0.15) is 0 Å². The van der Waals surface area contributed by atoms with Crippen LogP contribution in [0.4, 0.5) is 0 Å². The SMILES string of the molecule is c1ccc(-c2nc(-c3cccc4c3sc3ccccc34)c(-c3cccc(-n4c5ccccc5c5cc(-n6c7ccccc7c7ccccc76)ccc54)c3)c(-c3cccc4c3sc3ccccc34)n2)cc1. The number of hydrogen-bond donors (Lipinski definition) is 0. The summed E-state index contributed by atoms with van der Waals surface area (Å²) in [4.78, 5) is 11.4. The Morgan fingerprint density at radius 2 is 0.729 bits per heavy atom. The van der Waals surface area contributed by atoms with Crippen LogP contribution in [0.1, 0.15) is 0 Å². The van der Waals surface area contributed by atoms with Gasteiger partial charge in [0.05, 0.1) is 33.5 Å². The van der Waals surface area contributed by atoms with Crippen LogP contribution in [0, 0.1) is 0 Å². The summed E-state index contributed by atoms with van der Waals surface area (Å²) in [5.41, 5.74) is 13.9. The maximum atomic E-state index is 5.68. The van der Waals surface area contributed by atoms with Crippen LogP contribution in [0.25, 0.3) is 140 Å². The largest absolute Gasteiger partial charge is 0.309 e. The van der Waals surface area contributed by atoms with E-state index in [2.05, 4.69) is 240 Å². The first kappa shape index (κ1) is 39.3. The first-order valence-electron chi connectivity index (χ1n) is 23.6. The number of benzene rings is 10. The van der Waals surface area contributed by atoms with E-state index >= 15 is 0 Å². The topological polar surface area (TPSA) is 35.6 Å². The summed E-state index contributed by atoms with van der Waals surface area (Å²) in [6.07, 6.45) is 0. The summed E-state index contributed by atoms with van der Waals surface area (Å²) >= 11 is 3.67. The molecule has 0 N–H and O–H groups in total. The summed E-state index contributed by atoms with van der Waals surface area (Å²) in [6.45, 7) is 0. The van der Waals surface area contributed by atoms with Crippen LogP contribution in [-0.4, -0.2) is 19.1 Å². The van der Waals surface area contributed by atoms with Crippen molar-refractivity contribution in [3.8, 4) is 56.4 Å². The van der Waals surface area contributed by atoms with Crippen molar-refractivity contribution in [2.24, 2.45) is 0 Å². The van der Waals surface area contributed by atoms with Crippen LogP contribution >= 0.6 is 22.7 Å². The summed E-state index contributed by atoms with van der Waals surface area (Å²) in [5.74, 6) is 0.697. The molecule has 10 aromatic carbocycles. The molecule has 0 atom stereocenters. The van der Waals surface area contributed by atoms with E-state index in [-0.39, 0.29) is 0 Å². The minimum Gasteiger partial charge on any atom is -0.309 e. The van der Waals surface area contributed by atoms with Gasteiger partial charge in [0.15, 0.2) is 5.82 Å². The quantitative estimate of drug-likeness (QED) is 0.167. The third-order valence-corrected chi connectivity index (χ3v) is 16.6. The molecule has 4 nitrogen and oxygen atoms in total. The number of aromatic nitrogens is 4. The summed E-state index contributed by atoms with van der Waals surface area (Å²) in [6, 6.07) is 83.7. The fourth-order valence-corrected chi connectivity index (χ4v) is 13.5. The monoisotopic (exact) mass is 926 g/mol. The smallest absolute Gasteiger partial charge is 0.160 e. The van der Waals surface area contributed by atoms with E-state index in [0.717, 1.165) is 61.6 Å². The molecule has 15 aromatic rings. The highest BCUT2D eigenvalue weighted by Crippen LogP contribution is 2.49. The fourth-order valence-electron chi connectivity index (χ4n) is 11.1. The molecule has 0 spiro atoms. The average molecular weight is 927 g/mol. The Morgan fingerprint density at radius 1 is 0.300 bits per heavy atom. The zero-order valence-corrected chi connectivity index (χ0v) is 39.2. The lowest BCUT2D eigenvalue weighted by Crippen LogP contribution is -2.02. The van der Waals surface area contributed by atoms with E-state index in [0.29, 0.717) is 5.82 Å².